The lowest BCUT2D eigenvalue weighted by Gasteiger charge is -2.10. The van der Waals surface area contributed by atoms with Gasteiger partial charge in [-0.2, -0.15) is 0 Å². The molecular weight excluding hydrogens is 336 g/mol. The second kappa shape index (κ2) is 9.98. The second-order valence-electron chi connectivity index (χ2n) is 5.65. The van der Waals surface area contributed by atoms with Gasteiger partial charge in [0.05, 0.1) is 5.69 Å². The van der Waals surface area contributed by atoms with Gasteiger partial charge in [0.2, 0.25) is 5.89 Å². The van der Waals surface area contributed by atoms with Crippen molar-refractivity contribution in [1.29, 1.82) is 0 Å². The second-order valence-corrected chi connectivity index (χ2v) is 7.22. The van der Waals surface area contributed by atoms with Gasteiger partial charge in [0, 0.05) is 35.4 Å². The molecule has 0 saturated carbocycles. The van der Waals surface area contributed by atoms with E-state index in [0.29, 0.717) is 36.4 Å². The maximum absolute atomic E-state index is 12.2. The average molecular weight is 362 g/mol. The molecule has 2 N–H and O–H groups in total. The average Bonchev–Trinajstić information content (AvgIpc) is 2.91. The minimum Gasteiger partial charge on any atom is -0.444 e. The van der Waals surface area contributed by atoms with Crippen LogP contribution < -0.4 is 10.6 Å². The molecule has 6 nitrogen and oxygen atoms in total. The topological polar surface area (TPSA) is 79.5 Å². The molecule has 1 aromatic carbocycles. The van der Waals surface area contributed by atoms with Crippen LogP contribution in [0.4, 0.5) is 0 Å². The van der Waals surface area contributed by atoms with E-state index in [1.165, 1.54) is 0 Å². The predicted octanol–water partition coefficient (Wildman–Crippen LogP) is 2.30. The molecule has 0 aliphatic rings. The zero-order chi connectivity index (χ0) is 18.1. The van der Waals surface area contributed by atoms with Gasteiger partial charge in [-0.05, 0) is 26.3 Å². The zero-order valence-corrected chi connectivity index (χ0v) is 15.9. The van der Waals surface area contributed by atoms with Gasteiger partial charge in [0.1, 0.15) is 12.3 Å². The van der Waals surface area contributed by atoms with Crippen molar-refractivity contribution in [1.82, 2.24) is 15.6 Å². The molecule has 0 amide bonds. The molecule has 0 fully saturated rings. The summed E-state index contributed by atoms with van der Waals surface area (Å²) >= 11 is 0. The monoisotopic (exact) mass is 362 g/mol. The number of benzene rings is 1. The quantitative estimate of drug-likeness (QED) is 0.556. The standard InChI is InChI=1S/C18H26N4O2S/c1-4-19-18(21-12-17-22-14(2)15(3)24-17)20-10-11-25(23)13-16-8-6-5-7-9-16/h5-9H,4,10-13H2,1-3H3,(H2,19,20,21). The Bertz CT molecular complexity index is 694. The predicted molar refractivity (Wildman–Crippen MR) is 102 cm³/mol. The molecule has 0 bridgehead atoms. The van der Waals surface area contributed by atoms with Crippen LogP contribution in [0.15, 0.2) is 39.7 Å². The molecule has 2 aromatic rings. The minimum absolute atomic E-state index is 0.372. The maximum Gasteiger partial charge on any atom is 0.216 e. The smallest absolute Gasteiger partial charge is 0.216 e. The molecule has 136 valence electrons. The number of oxazole rings is 1. The highest BCUT2D eigenvalue weighted by molar-refractivity contribution is 7.84. The molecular formula is C18H26N4O2S. The highest BCUT2D eigenvalue weighted by Gasteiger charge is 2.06. The summed E-state index contributed by atoms with van der Waals surface area (Å²) in [6, 6.07) is 9.89. The molecule has 0 radical (unpaired) electrons. The largest absolute Gasteiger partial charge is 0.444 e. The summed E-state index contributed by atoms with van der Waals surface area (Å²) in [6.45, 7) is 7.53. The van der Waals surface area contributed by atoms with Crippen molar-refractivity contribution >= 4 is 16.8 Å². The van der Waals surface area contributed by atoms with E-state index in [2.05, 4.69) is 20.6 Å². The molecule has 25 heavy (non-hydrogen) atoms. The fourth-order valence-electron chi connectivity index (χ4n) is 2.21. The summed E-state index contributed by atoms with van der Waals surface area (Å²) in [5.74, 6) is 3.23. The van der Waals surface area contributed by atoms with Crippen molar-refractivity contribution in [2.45, 2.75) is 33.1 Å². The van der Waals surface area contributed by atoms with Crippen LogP contribution in [-0.4, -0.2) is 34.0 Å². The van der Waals surface area contributed by atoms with E-state index in [9.17, 15) is 4.21 Å². The summed E-state index contributed by atoms with van der Waals surface area (Å²) in [5, 5.41) is 6.37. The molecule has 1 atom stereocenters. The van der Waals surface area contributed by atoms with E-state index in [4.69, 9.17) is 4.42 Å². The number of aromatic nitrogens is 1. The highest BCUT2D eigenvalue weighted by Crippen LogP contribution is 2.08. The number of nitrogens with zero attached hydrogens (tertiary/aromatic N) is 2. The van der Waals surface area contributed by atoms with Gasteiger partial charge in [-0.15, -0.1) is 0 Å². The normalized spacial score (nSPS) is 12.8. The van der Waals surface area contributed by atoms with Gasteiger partial charge in [0.15, 0.2) is 5.96 Å². The summed E-state index contributed by atoms with van der Waals surface area (Å²) in [6.07, 6.45) is 0. The van der Waals surface area contributed by atoms with E-state index in [-0.39, 0.29) is 0 Å². The number of guanidine groups is 1. The lowest BCUT2D eigenvalue weighted by Crippen LogP contribution is -2.39. The molecule has 1 unspecified atom stereocenters. The van der Waals surface area contributed by atoms with E-state index < -0.39 is 10.8 Å². The fraction of sp³-hybridized carbons (Fsp3) is 0.444. The number of rotatable bonds is 8. The molecule has 0 saturated heterocycles. The summed E-state index contributed by atoms with van der Waals surface area (Å²) < 4.78 is 17.7. The molecule has 2 rings (SSSR count). The number of nitrogens with one attached hydrogen (secondary N) is 2. The van der Waals surface area contributed by atoms with Gasteiger partial charge in [-0.25, -0.2) is 9.98 Å². The first-order valence-electron chi connectivity index (χ1n) is 8.42. The van der Waals surface area contributed by atoms with Crippen LogP contribution >= 0.6 is 0 Å². The Morgan fingerprint density at radius 1 is 1.24 bits per heavy atom. The first kappa shape index (κ1) is 19.2. The van der Waals surface area contributed by atoms with Crippen molar-refractivity contribution in [3.63, 3.8) is 0 Å². The van der Waals surface area contributed by atoms with Crippen molar-refractivity contribution < 1.29 is 8.63 Å². The zero-order valence-electron chi connectivity index (χ0n) is 15.0. The third-order valence-corrected chi connectivity index (χ3v) is 4.90. The molecule has 0 aliphatic carbocycles. The van der Waals surface area contributed by atoms with Crippen molar-refractivity contribution in [3.05, 3.63) is 53.2 Å². The summed E-state index contributed by atoms with van der Waals surface area (Å²) in [5.41, 5.74) is 1.98. The van der Waals surface area contributed by atoms with E-state index in [1.54, 1.807) is 0 Å². The van der Waals surface area contributed by atoms with Gasteiger partial charge in [0.25, 0.3) is 0 Å². The first-order chi connectivity index (χ1) is 12.1. The Labute approximate surface area is 151 Å². The van der Waals surface area contributed by atoms with Crippen LogP contribution in [0.2, 0.25) is 0 Å². The molecule has 0 aliphatic heterocycles. The summed E-state index contributed by atoms with van der Waals surface area (Å²) in [4.78, 5) is 8.78. The van der Waals surface area contributed by atoms with Crippen LogP contribution in [-0.2, 0) is 23.1 Å². The van der Waals surface area contributed by atoms with Crippen LogP contribution in [0.1, 0.15) is 29.8 Å². The lowest BCUT2D eigenvalue weighted by molar-refractivity contribution is 0.473. The van der Waals surface area contributed by atoms with E-state index >= 15 is 0 Å². The molecule has 1 heterocycles. The van der Waals surface area contributed by atoms with Crippen molar-refractivity contribution in [2.24, 2.45) is 4.99 Å². The fourth-order valence-corrected chi connectivity index (χ4v) is 3.25. The maximum atomic E-state index is 12.2. The highest BCUT2D eigenvalue weighted by atomic mass is 32.2. The molecule has 7 heteroatoms. The number of hydrogen-bond donors (Lipinski definition) is 2. The van der Waals surface area contributed by atoms with Crippen LogP contribution in [0, 0.1) is 13.8 Å². The third-order valence-electron chi connectivity index (χ3n) is 3.58. The minimum atomic E-state index is -0.907. The van der Waals surface area contributed by atoms with Crippen molar-refractivity contribution in [3.8, 4) is 0 Å². The lowest BCUT2D eigenvalue weighted by atomic mass is 10.2. The van der Waals surface area contributed by atoms with E-state index in [1.807, 2.05) is 51.1 Å². The molecule has 0 spiro atoms. The Morgan fingerprint density at radius 2 is 2.00 bits per heavy atom. The Kier molecular flexibility index (Phi) is 7.66. The Hall–Kier alpha value is -2.15. The summed E-state index contributed by atoms with van der Waals surface area (Å²) in [7, 11) is -0.907. The Morgan fingerprint density at radius 3 is 2.64 bits per heavy atom. The number of hydrogen-bond acceptors (Lipinski definition) is 4. The van der Waals surface area contributed by atoms with Crippen LogP contribution in [0.3, 0.4) is 0 Å². The van der Waals surface area contributed by atoms with Crippen LogP contribution in [0.5, 0.6) is 0 Å². The number of aryl methyl sites for hydroxylation is 2. The SMILES string of the molecule is CCNC(=NCc1nc(C)c(C)o1)NCCS(=O)Cc1ccccc1. The van der Waals surface area contributed by atoms with Gasteiger partial charge < -0.3 is 15.1 Å². The first-order valence-corrected chi connectivity index (χ1v) is 9.91. The molecule has 1 aromatic heterocycles. The van der Waals surface area contributed by atoms with Gasteiger partial charge in [-0.1, -0.05) is 30.3 Å². The van der Waals surface area contributed by atoms with Gasteiger partial charge >= 0.3 is 0 Å². The van der Waals surface area contributed by atoms with E-state index in [0.717, 1.165) is 23.6 Å². The van der Waals surface area contributed by atoms with Gasteiger partial charge in [-0.3, -0.25) is 4.21 Å². The number of aliphatic imine (C=N–C) groups is 1. The third kappa shape index (κ3) is 6.70. The van der Waals surface area contributed by atoms with Crippen LogP contribution in [0.25, 0.3) is 0 Å². The Balaban J connectivity index is 1.80. The van der Waals surface area contributed by atoms with Crippen molar-refractivity contribution in [2.75, 3.05) is 18.8 Å².